The summed E-state index contributed by atoms with van der Waals surface area (Å²) < 4.78 is 1.06. The van der Waals surface area contributed by atoms with Crippen LogP contribution in [-0.2, 0) is 11.2 Å². The van der Waals surface area contributed by atoms with Crippen molar-refractivity contribution in [1.29, 1.82) is 0 Å². The van der Waals surface area contributed by atoms with Crippen molar-refractivity contribution in [2.45, 2.75) is 25.3 Å². The van der Waals surface area contributed by atoms with E-state index in [9.17, 15) is 4.79 Å². The number of rotatable bonds is 3. The second-order valence-corrected chi connectivity index (χ2v) is 6.06. The summed E-state index contributed by atoms with van der Waals surface area (Å²) in [6, 6.07) is 8.13. The number of thiocarbonyl (C=S) groups is 1. The van der Waals surface area contributed by atoms with Gasteiger partial charge in [0, 0.05) is 11.5 Å². The Morgan fingerprint density at radius 1 is 1.50 bits per heavy atom. The summed E-state index contributed by atoms with van der Waals surface area (Å²) >= 11 is 8.55. The Bertz CT molecular complexity index is 506. The third kappa shape index (κ3) is 2.57. The van der Waals surface area contributed by atoms with Crippen molar-refractivity contribution >= 4 is 39.2 Å². The fourth-order valence-electron chi connectivity index (χ4n) is 2.09. The Morgan fingerprint density at radius 2 is 2.22 bits per heavy atom. The summed E-state index contributed by atoms with van der Waals surface area (Å²) in [4.78, 5) is 13.6. The Balaban J connectivity index is 2.06. The lowest BCUT2D eigenvalue weighted by molar-refractivity contribution is -0.129. The second kappa shape index (κ2) is 4.97. The van der Waals surface area contributed by atoms with Gasteiger partial charge < -0.3 is 5.32 Å². The van der Waals surface area contributed by atoms with Crippen molar-refractivity contribution < 1.29 is 4.79 Å². The minimum atomic E-state index is -0.575. The molecule has 3 nitrogen and oxygen atoms in total. The molecule has 0 aromatic heterocycles. The van der Waals surface area contributed by atoms with Crippen LogP contribution < -0.4 is 5.32 Å². The quantitative estimate of drug-likeness (QED) is 0.866. The molecule has 1 aliphatic heterocycles. The van der Waals surface area contributed by atoms with Crippen LogP contribution in [0.3, 0.4) is 0 Å². The molecule has 0 spiro atoms. The molecular weight excluding hydrogens is 312 g/mol. The monoisotopic (exact) mass is 326 g/mol. The first-order valence-electron chi connectivity index (χ1n) is 5.77. The number of carbonyl (C=O) groups excluding carboxylic acids is 1. The Labute approximate surface area is 121 Å². The highest BCUT2D eigenvalue weighted by molar-refractivity contribution is 9.10. The van der Waals surface area contributed by atoms with Crippen molar-refractivity contribution in [2.24, 2.45) is 0 Å². The van der Waals surface area contributed by atoms with Gasteiger partial charge in [0.2, 0.25) is 0 Å². The van der Waals surface area contributed by atoms with Crippen molar-refractivity contribution in [3.05, 3.63) is 34.3 Å². The molecule has 1 unspecified atom stereocenters. The third-order valence-corrected chi connectivity index (χ3v) is 4.14. The lowest BCUT2D eigenvalue weighted by Gasteiger charge is -2.21. The summed E-state index contributed by atoms with van der Waals surface area (Å²) in [5.41, 5.74) is 0.634. The van der Waals surface area contributed by atoms with Crippen LogP contribution in [-0.4, -0.2) is 28.5 Å². The fraction of sp³-hybridized carbons (Fsp3) is 0.385. The van der Waals surface area contributed by atoms with Crippen LogP contribution in [0.5, 0.6) is 0 Å². The average Bonchev–Trinajstić information content (AvgIpc) is 2.52. The van der Waals surface area contributed by atoms with Gasteiger partial charge in [-0.05, 0) is 49.7 Å². The van der Waals surface area contributed by atoms with Crippen LogP contribution in [0, 0.1) is 0 Å². The minimum Gasteiger partial charge on any atom is -0.348 e. The van der Waals surface area contributed by atoms with Crippen LogP contribution in [0.15, 0.2) is 28.7 Å². The molecule has 5 heteroatoms. The summed E-state index contributed by atoms with van der Waals surface area (Å²) in [6.07, 6.45) is 1.57. The molecule has 1 N–H and O–H groups in total. The molecule has 1 aromatic rings. The highest BCUT2D eigenvalue weighted by Gasteiger charge is 2.43. The summed E-state index contributed by atoms with van der Waals surface area (Å²) in [5.74, 6) is 0.0440. The number of hydrogen-bond acceptors (Lipinski definition) is 2. The molecule has 1 fully saturated rings. The van der Waals surface area contributed by atoms with E-state index in [1.165, 1.54) is 10.5 Å². The van der Waals surface area contributed by atoms with E-state index in [2.05, 4.69) is 33.4 Å². The molecule has 1 aromatic carbocycles. The van der Waals surface area contributed by atoms with Gasteiger partial charge in [-0.1, -0.05) is 28.1 Å². The molecule has 0 saturated carbocycles. The summed E-state index contributed by atoms with van der Waals surface area (Å²) in [6.45, 7) is 1.91. The maximum absolute atomic E-state index is 12.1. The highest BCUT2D eigenvalue weighted by Crippen LogP contribution is 2.23. The standard InChI is InChI=1S/C13H15BrN2OS/c1-13(11(17)16(2)12(18)15-13)7-6-9-4-3-5-10(14)8-9/h3-5,8H,6-7H2,1-2H3,(H,15,18). The molecule has 1 saturated heterocycles. The lowest BCUT2D eigenvalue weighted by Crippen LogP contribution is -2.44. The molecular formula is C13H15BrN2OS. The van der Waals surface area contributed by atoms with E-state index in [0.717, 1.165) is 17.3 Å². The zero-order chi connectivity index (χ0) is 13.3. The normalized spacial score (nSPS) is 23.4. The molecule has 1 amide bonds. The van der Waals surface area contributed by atoms with Crippen LogP contribution in [0.25, 0.3) is 0 Å². The molecule has 1 aliphatic rings. The van der Waals surface area contributed by atoms with Gasteiger partial charge in [-0.15, -0.1) is 0 Å². The maximum atomic E-state index is 12.1. The molecule has 96 valence electrons. The fourth-order valence-corrected chi connectivity index (χ4v) is 2.85. The number of hydrogen-bond donors (Lipinski definition) is 1. The van der Waals surface area contributed by atoms with E-state index in [1.54, 1.807) is 7.05 Å². The topological polar surface area (TPSA) is 32.3 Å². The van der Waals surface area contributed by atoms with E-state index in [0.29, 0.717) is 5.11 Å². The molecule has 18 heavy (non-hydrogen) atoms. The van der Waals surface area contributed by atoms with Crippen molar-refractivity contribution in [3.63, 3.8) is 0 Å². The molecule has 0 bridgehead atoms. The molecule has 1 atom stereocenters. The first-order valence-corrected chi connectivity index (χ1v) is 6.97. The number of nitrogens with zero attached hydrogens (tertiary/aromatic N) is 1. The van der Waals surface area contributed by atoms with E-state index in [4.69, 9.17) is 12.2 Å². The van der Waals surface area contributed by atoms with Crippen LogP contribution in [0.2, 0.25) is 0 Å². The highest BCUT2D eigenvalue weighted by atomic mass is 79.9. The van der Waals surface area contributed by atoms with E-state index in [-0.39, 0.29) is 5.91 Å². The molecule has 2 rings (SSSR count). The van der Waals surface area contributed by atoms with Crippen LogP contribution in [0.4, 0.5) is 0 Å². The van der Waals surface area contributed by atoms with Gasteiger partial charge >= 0.3 is 0 Å². The van der Waals surface area contributed by atoms with Crippen molar-refractivity contribution in [3.8, 4) is 0 Å². The average molecular weight is 327 g/mol. The minimum absolute atomic E-state index is 0.0440. The molecule has 0 radical (unpaired) electrons. The van der Waals surface area contributed by atoms with Gasteiger partial charge in [0.15, 0.2) is 5.11 Å². The van der Waals surface area contributed by atoms with Gasteiger partial charge in [-0.3, -0.25) is 9.69 Å². The van der Waals surface area contributed by atoms with Crippen LogP contribution >= 0.6 is 28.1 Å². The van der Waals surface area contributed by atoms with Crippen molar-refractivity contribution in [2.75, 3.05) is 7.05 Å². The van der Waals surface area contributed by atoms with E-state index < -0.39 is 5.54 Å². The molecule has 1 heterocycles. The first kappa shape index (κ1) is 13.5. The van der Waals surface area contributed by atoms with Crippen molar-refractivity contribution in [1.82, 2.24) is 10.2 Å². The van der Waals surface area contributed by atoms with E-state index >= 15 is 0 Å². The Morgan fingerprint density at radius 3 is 2.78 bits per heavy atom. The number of nitrogens with one attached hydrogen (secondary N) is 1. The summed E-state index contributed by atoms with van der Waals surface area (Å²) in [7, 11) is 1.71. The largest absolute Gasteiger partial charge is 0.348 e. The number of halogens is 1. The lowest BCUT2D eigenvalue weighted by atomic mass is 9.93. The Hall–Kier alpha value is -0.940. The van der Waals surface area contributed by atoms with Gasteiger partial charge in [-0.2, -0.15) is 0 Å². The van der Waals surface area contributed by atoms with Gasteiger partial charge in [0.1, 0.15) is 5.54 Å². The van der Waals surface area contributed by atoms with E-state index in [1.807, 2.05) is 19.1 Å². The number of aryl methyl sites for hydroxylation is 1. The van der Waals surface area contributed by atoms with Crippen LogP contribution in [0.1, 0.15) is 18.9 Å². The number of likely N-dealkylation sites (N-methyl/N-ethyl adjacent to an activating group) is 1. The molecule has 0 aliphatic carbocycles. The zero-order valence-corrected chi connectivity index (χ0v) is 12.8. The first-order chi connectivity index (χ1) is 8.42. The smallest absolute Gasteiger partial charge is 0.253 e. The number of amides is 1. The third-order valence-electron chi connectivity index (χ3n) is 3.27. The predicted molar refractivity (Wildman–Crippen MR) is 79.4 cm³/mol. The van der Waals surface area contributed by atoms with Gasteiger partial charge in [0.25, 0.3) is 5.91 Å². The SMILES string of the molecule is CN1C(=O)C(C)(CCc2cccc(Br)c2)NC1=S. The second-order valence-electron chi connectivity index (χ2n) is 4.76. The number of benzene rings is 1. The van der Waals surface area contributed by atoms with Gasteiger partial charge in [0.05, 0.1) is 0 Å². The zero-order valence-electron chi connectivity index (χ0n) is 10.4. The van der Waals surface area contributed by atoms with Gasteiger partial charge in [-0.25, -0.2) is 0 Å². The maximum Gasteiger partial charge on any atom is 0.253 e. The Kier molecular flexibility index (Phi) is 3.73. The number of carbonyl (C=O) groups is 1. The summed E-state index contributed by atoms with van der Waals surface area (Å²) in [5, 5.41) is 3.62. The predicted octanol–water partition coefficient (Wildman–Crippen LogP) is 2.49.